The summed E-state index contributed by atoms with van der Waals surface area (Å²) in [4.78, 5) is 30.9. The second kappa shape index (κ2) is 11.6. The average Bonchev–Trinajstić information content (AvgIpc) is 3.26. The number of piperidine rings is 2. The van der Waals surface area contributed by atoms with Crippen LogP contribution < -0.4 is 4.90 Å². The number of benzene rings is 1. The molecule has 14 heteroatoms. The van der Waals surface area contributed by atoms with Crippen LogP contribution in [0.15, 0.2) is 18.2 Å². The van der Waals surface area contributed by atoms with Gasteiger partial charge in [-0.2, -0.15) is 26.3 Å². The number of carbonyl (C=O) groups is 2. The summed E-state index contributed by atoms with van der Waals surface area (Å²) in [6.07, 6.45) is -12.6. The van der Waals surface area contributed by atoms with Crippen LogP contribution in [0.3, 0.4) is 0 Å². The van der Waals surface area contributed by atoms with E-state index in [4.69, 9.17) is 5.11 Å². The number of ether oxygens (including phenoxy) is 1. The van der Waals surface area contributed by atoms with E-state index in [2.05, 4.69) is 32.7 Å². The molecule has 2 spiro atoms. The number of aryl methyl sites for hydroxylation is 1. The molecule has 0 aliphatic carbocycles. The maximum atomic E-state index is 12.9. The molecule has 0 saturated carbocycles. The molecule has 1 aromatic rings. The fourth-order valence-corrected chi connectivity index (χ4v) is 7.50. The van der Waals surface area contributed by atoms with Gasteiger partial charge in [0.25, 0.3) is 6.10 Å². The van der Waals surface area contributed by atoms with E-state index in [1.54, 1.807) is 0 Å². The molecule has 5 rings (SSSR count). The van der Waals surface area contributed by atoms with Gasteiger partial charge in [-0.25, -0.2) is 4.79 Å². The zero-order valence-corrected chi connectivity index (χ0v) is 24.1. The summed E-state index contributed by atoms with van der Waals surface area (Å²) in [5.74, 6) is -0.799. The highest BCUT2D eigenvalue weighted by molar-refractivity contribution is 5.69. The molecule has 8 nitrogen and oxygen atoms in total. The van der Waals surface area contributed by atoms with E-state index >= 15 is 0 Å². The average molecular weight is 621 g/mol. The summed E-state index contributed by atoms with van der Waals surface area (Å²) in [5, 5.41) is 9.03. The van der Waals surface area contributed by atoms with Crippen molar-refractivity contribution < 1.29 is 45.8 Å². The Morgan fingerprint density at radius 3 is 2.12 bits per heavy atom. The van der Waals surface area contributed by atoms with Crippen LogP contribution in [0.5, 0.6) is 0 Å². The number of carbonyl (C=O) groups excluding carboxylic acids is 1. The molecule has 4 heterocycles. The van der Waals surface area contributed by atoms with Crippen LogP contribution in [0.4, 0.5) is 36.8 Å². The number of carboxylic acid groups (broad SMARTS) is 1. The Morgan fingerprint density at radius 1 is 0.907 bits per heavy atom. The van der Waals surface area contributed by atoms with Gasteiger partial charge in [0, 0.05) is 57.0 Å². The van der Waals surface area contributed by atoms with E-state index in [0.29, 0.717) is 19.4 Å². The Balaban J connectivity index is 1.17. The molecule has 1 aromatic carbocycles. The Labute approximate surface area is 246 Å². The summed E-state index contributed by atoms with van der Waals surface area (Å²) < 4.78 is 81.2. The standard InChI is InChI=1S/C29H38F6N4O4/c1-20-13-21(15-22(14-20)37-9-4-26(5-10-37)18-36(19-26)17-23(40)41)16-39-8-2-3-27(39)6-11-38(12-7-27)25(42)43-24(28(30,31)32)29(33,34)35/h13-15,24H,2-12,16-19H2,1H3,(H,40,41). The Hall–Kier alpha value is -2.74. The first kappa shape index (κ1) is 31.7. The van der Waals surface area contributed by atoms with Crippen molar-refractivity contribution in [1.82, 2.24) is 14.7 Å². The summed E-state index contributed by atoms with van der Waals surface area (Å²) >= 11 is 0. The maximum absolute atomic E-state index is 12.9. The van der Waals surface area contributed by atoms with Gasteiger partial charge in [0.05, 0.1) is 6.54 Å². The lowest BCUT2D eigenvalue weighted by Crippen LogP contribution is -2.61. The van der Waals surface area contributed by atoms with Crippen molar-refractivity contribution >= 4 is 17.7 Å². The molecule has 4 aliphatic heterocycles. The molecular formula is C29H38F6N4O4. The lowest BCUT2D eigenvalue weighted by molar-refractivity contribution is -0.308. The van der Waals surface area contributed by atoms with Gasteiger partial charge < -0.3 is 19.6 Å². The third kappa shape index (κ3) is 7.00. The number of likely N-dealkylation sites (tertiary alicyclic amines) is 3. The minimum absolute atomic E-state index is 0.0241. The summed E-state index contributed by atoms with van der Waals surface area (Å²) in [5.41, 5.74) is 3.31. The highest BCUT2D eigenvalue weighted by Gasteiger charge is 2.60. The minimum atomic E-state index is -5.74. The normalized spacial score (nSPS) is 22.8. The quantitative estimate of drug-likeness (QED) is 0.447. The van der Waals surface area contributed by atoms with Crippen LogP contribution in [-0.2, 0) is 16.1 Å². The van der Waals surface area contributed by atoms with Crippen LogP contribution in [0, 0.1) is 12.3 Å². The molecule has 4 fully saturated rings. The summed E-state index contributed by atoms with van der Waals surface area (Å²) in [6, 6.07) is 6.49. The maximum Gasteiger partial charge on any atom is 0.434 e. The lowest BCUT2D eigenvalue weighted by atomic mass is 9.72. The molecule has 0 atom stereocenters. The number of amides is 1. The first-order valence-electron chi connectivity index (χ1n) is 14.7. The Bertz CT molecular complexity index is 1170. The van der Waals surface area contributed by atoms with E-state index in [1.165, 1.54) is 0 Å². The number of hydrogen-bond acceptors (Lipinski definition) is 6. The van der Waals surface area contributed by atoms with Crippen LogP contribution in [-0.4, -0.2) is 108 Å². The molecule has 4 saturated heterocycles. The second-order valence-corrected chi connectivity index (χ2v) is 12.8. The zero-order chi connectivity index (χ0) is 31.2. The fourth-order valence-electron chi connectivity index (χ4n) is 7.50. The van der Waals surface area contributed by atoms with Crippen molar-refractivity contribution in [3.05, 3.63) is 29.3 Å². The summed E-state index contributed by atoms with van der Waals surface area (Å²) in [7, 11) is 0. The number of hydrogen-bond donors (Lipinski definition) is 1. The van der Waals surface area contributed by atoms with Gasteiger partial charge in [0.1, 0.15) is 0 Å². The van der Waals surface area contributed by atoms with E-state index < -0.39 is 30.5 Å². The number of halogens is 6. The van der Waals surface area contributed by atoms with E-state index in [1.807, 2.05) is 11.8 Å². The van der Waals surface area contributed by atoms with Crippen molar-refractivity contribution in [2.75, 3.05) is 57.3 Å². The first-order chi connectivity index (χ1) is 20.1. The minimum Gasteiger partial charge on any atom is -0.480 e. The van der Waals surface area contributed by atoms with Crippen LogP contribution in [0.2, 0.25) is 0 Å². The monoisotopic (exact) mass is 620 g/mol. The molecule has 240 valence electrons. The van der Waals surface area contributed by atoms with Crippen LogP contribution in [0.1, 0.15) is 49.7 Å². The second-order valence-electron chi connectivity index (χ2n) is 12.8. The number of alkyl halides is 6. The molecule has 1 N–H and O–H groups in total. The predicted molar refractivity (Wildman–Crippen MR) is 145 cm³/mol. The van der Waals surface area contributed by atoms with Gasteiger partial charge in [-0.15, -0.1) is 0 Å². The number of anilines is 1. The molecule has 0 radical (unpaired) electrons. The number of nitrogens with zero attached hydrogens (tertiary/aromatic N) is 4. The van der Waals surface area contributed by atoms with Crippen molar-refractivity contribution in [3.63, 3.8) is 0 Å². The third-order valence-electron chi connectivity index (χ3n) is 9.67. The van der Waals surface area contributed by atoms with Gasteiger partial charge in [-0.05, 0) is 80.7 Å². The van der Waals surface area contributed by atoms with Gasteiger partial charge >= 0.3 is 24.4 Å². The van der Waals surface area contributed by atoms with Gasteiger partial charge in [0.15, 0.2) is 0 Å². The smallest absolute Gasteiger partial charge is 0.434 e. The molecule has 1 amide bonds. The molecule has 43 heavy (non-hydrogen) atoms. The van der Waals surface area contributed by atoms with E-state index in [0.717, 1.165) is 80.1 Å². The van der Waals surface area contributed by atoms with Crippen LogP contribution >= 0.6 is 0 Å². The molecule has 0 bridgehead atoms. The van der Waals surface area contributed by atoms with Gasteiger partial charge in [0.2, 0.25) is 0 Å². The zero-order valence-electron chi connectivity index (χ0n) is 24.1. The SMILES string of the molecule is Cc1cc(CN2CCCC23CCN(C(=O)OC(C(F)(F)F)C(F)(F)F)CC3)cc(N2CCC3(CC2)CN(CC(=O)O)C3)c1. The van der Waals surface area contributed by atoms with E-state index in [9.17, 15) is 35.9 Å². The van der Waals surface area contributed by atoms with Crippen molar-refractivity contribution in [2.45, 2.75) is 76.0 Å². The largest absolute Gasteiger partial charge is 0.480 e. The molecule has 0 unspecified atom stereocenters. The molecule has 0 aromatic heterocycles. The van der Waals surface area contributed by atoms with Crippen molar-refractivity contribution in [3.8, 4) is 0 Å². The highest BCUT2D eigenvalue weighted by atomic mass is 19.4. The third-order valence-corrected chi connectivity index (χ3v) is 9.67. The van der Waals surface area contributed by atoms with E-state index in [-0.39, 0.29) is 30.6 Å². The predicted octanol–water partition coefficient (Wildman–Crippen LogP) is 5.04. The molecular weight excluding hydrogens is 582 g/mol. The van der Waals surface area contributed by atoms with Crippen LogP contribution in [0.25, 0.3) is 0 Å². The van der Waals surface area contributed by atoms with Crippen molar-refractivity contribution in [2.24, 2.45) is 5.41 Å². The fraction of sp³-hybridized carbons (Fsp3) is 0.724. The lowest BCUT2D eigenvalue weighted by Gasteiger charge is -2.54. The highest BCUT2D eigenvalue weighted by Crippen LogP contribution is 2.43. The number of rotatable bonds is 6. The van der Waals surface area contributed by atoms with Gasteiger partial charge in [-0.3, -0.25) is 14.6 Å². The van der Waals surface area contributed by atoms with Gasteiger partial charge in [-0.1, -0.05) is 6.07 Å². The Kier molecular flexibility index (Phi) is 8.58. The molecule has 4 aliphatic rings. The first-order valence-corrected chi connectivity index (χ1v) is 14.7. The Morgan fingerprint density at radius 2 is 1.53 bits per heavy atom. The topological polar surface area (TPSA) is 76.6 Å². The number of aliphatic carboxylic acids is 1. The van der Waals surface area contributed by atoms with Crippen molar-refractivity contribution in [1.29, 1.82) is 0 Å². The summed E-state index contributed by atoms with van der Waals surface area (Å²) in [6.45, 7) is 7.10. The number of carboxylic acids is 1.